The Morgan fingerprint density at radius 1 is 1.16 bits per heavy atom. The number of amides is 2. The summed E-state index contributed by atoms with van der Waals surface area (Å²) in [5.74, 6) is -1.04. The summed E-state index contributed by atoms with van der Waals surface area (Å²) in [6.45, 7) is 8.92. The monoisotopic (exact) mass is 424 g/mol. The van der Waals surface area contributed by atoms with Crippen LogP contribution >= 0.6 is 0 Å². The van der Waals surface area contributed by atoms with Crippen molar-refractivity contribution >= 4 is 23.7 Å². The lowest BCUT2D eigenvalue weighted by Crippen LogP contribution is -2.45. The molecule has 1 aliphatic rings. The van der Waals surface area contributed by atoms with Gasteiger partial charge in [-0.2, -0.15) is 0 Å². The molecule has 0 saturated carbocycles. The van der Waals surface area contributed by atoms with Crippen LogP contribution in [0, 0.1) is 6.92 Å². The number of carbonyl (C=O) groups is 3. The molecule has 0 aliphatic carbocycles. The van der Waals surface area contributed by atoms with Crippen LogP contribution < -0.4 is 10.2 Å². The number of hydrogen-bond acceptors (Lipinski definition) is 4. The Hall–Kier alpha value is -3.35. The molecule has 0 spiro atoms. The number of anilines is 1. The van der Waals surface area contributed by atoms with Crippen LogP contribution in [0.5, 0.6) is 0 Å². The summed E-state index contributed by atoms with van der Waals surface area (Å²) < 4.78 is 5.26. The van der Waals surface area contributed by atoms with Crippen LogP contribution in [0.1, 0.15) is 61.6 Å². The molecule has 0 saturated heterocycles. The van der Waals surface area contributed by atoms with E-state index in [4.69, 9.17) is 4.74 Å². The third kappa shape index (κ3) is 4.71. The zero-order chi connectivity index (χ0) is 22.9. The first kappa shape index (κ1) is 22.3. The van der Waals surface area contributed by atoms with Gasteiger partial charge in [0, 0.05) is 18.7 Å². The first-order valence-corrected chi connectivity index (χ1v) is 10.3. The zero-order valence-corrected chi connectivity index (χ0v) is 18.4. The van der Waals surface area contributed by atoms with Gasteiger partial charge in [0.2, 0.25) is 5.91 Å². The SMILES string of the molecule is CC(=O)N1c2ccc(-c3ccc(C(=O)O)cc3C)cc2[C@H](NC(=O)OC(C)C)C[C@@H]1C. The highest BCUT2D eigenvalue weighted by molar-refractivity contribution is 5.94. The van der Waals surface area contributed by atoms with Crippen LogP contribution in [0.25, 0.3) is 11.1 Å². The molecule has 0 fully saturated rings. The number of carbonyl (C=O) groups excluding carboxylic acids is 2. The summed E-state index contributed by atoms with van der Waals surface area (Å²) in [6, 6.07) is 10.3. The number of hydrogen-bond donors (Lipinski definition) is 2. The number of ether oxygens (including phenoxy) is 1. The quantitative estimate of drug-likeness (QED) is 0.743. The van der Waals surface area contributed by atoms with Gasteiger partial charge in [-0.15, -0.1) is 0 Å². The molecule has 0 aromatic heterocycles. The summed E-state index contributed by atoms with van der Waals surface area (Å²) in [5.41, 5.74) is 4.42. The standard InChI is InChI=1S/C24H28N2O5/c1-13(2)31-24(30)25-21-11-15(4)26(16(5)27)22-9-7-17(12-20(21)22)19-8-6-18(23(28)29)10-14(19)3/h6-10,12-13,15,21H,11H2,1-5H3,(H,25,30)(H,28,29)/t15-,21+/m0/s1. The molecular weight excluding hydrogens is 396 g/mol. The summed E-state index contributed by atoms with van der Waals surface area (Å²) in [6.07, 6.45) is -0.182. The number of nitrogens with zero attached hydrogens (tertiary/aromatic N) is 1. The van der Waals surface area contributed by atoms with Gasteiger partial charge in [0.05, 0.1) is 17.7 Å². The summed E-state index contributed by atoms with van der Waals surface area (Å²) >= 11 is 0. The fourth-order valence-corrected chi connectivity index (χ4v) is 4.16. The minimum atomic E-state index is -0.973. The van der Waals surface area contributed by atoms with Crippen molar-refractivity contribution in [1.29, 1.82) is 0 Å². The normalized spacial score (nSPS) is 17.8. The average molecular weight is 424 g/mol. The highest BCUT2D eigenvalue weighted by atomic mass is 16.6. The first-order valence-electron chi connectivity index (χ1n) is 10.3. The Kier molecular flexibility index (Phi) is 6.34. The lowest BCUT2D eigenvalue weighted by atomic mass is 9.88. The lowest BCUT2D eigenvalue weighted by molar-refractivity contribution is -0.117. The van der Waals surface area contributed by atoms with E-state index in [-0.39, 0.29) is 29.7 Å². The lowest BCUT2D eigenvalue weighted by Gasteiger charge is -2.39. The molecule has 0 radical (unpaired) electrons. The predicted molar refractivity (Wildman–Crippen MR) is 118 cm³/mol. The van der Waals surface area contributed by atoms with Crippen molar-refractivity contribution < 1.29 is 24.2 Å². The van der Waals surface area contributed by atoms with Gasteiger partial charge in [-0.25, -0.2) is 9.59 Å². The second-order valence-electron chi connectivity index (χ2n) is 8.23. The molecule has 2 aromatic carbocycles. The van der Waals surface area contributed by atoms with Gasteiger partial charge in [-0.3, -0.25) is 4.79 Å². The van der Waals surface area contributed by atoms with E-state index in [0.29, 0.717) is 6.42 Å². The Bertz CT molecular complexity index is 1030. The maximum atomic E-state index is 12.3. The van der Waals surface area contributed by atoms with Gasteiger partial charge in [-0.05, 0) is 80.6 Å². The van der Waals surface area contributed by atoms with Crippen molar-refractivity contribution in [3.63, 3.8) is 0 Å². The van der Waals surface area contributed by atoms with Gasteiger partial charge in [0.1, 0.15) is 0 Å². The van der Waals surface area contributed by atoms with Gasteiger partial charge in [0.15, 0.2) is 0 Å². The third-order valence-corrected chi connectivity index (χ3v) is 5.44. The largest absolute Gasteiger partial charge is 0.478 e. The molecule has 7 heteroatoms. The molecule has 7 nitrogen and oxygen atoms in total. The smallest absolute Gasteiger partial charge is 0.407 e. The van der Waals surface area contributed by atoms with E-state index in [1.807, 2.05) is 32.0 Å². The maximum absolute atomic E-state index is 12.3. The van der Waals surface area contributed by atoms with Crippen molar-refractivity contribution in [1.82, 2.24) is 5.32 Å². The van der Waals surface area contributed by atoms with Crippen LogP contribution in [0.2, 0.25) is 0 Å². The average Bonchev–Trinajstić information content (AvgIpc) is 2.66. The molecule has 0 unspecified atom stereocenters. The molecule has 0 bridgehead atoms. The van der Waals surface area contributed by atoms with Crippen molar-refractivity contribution in [2.24, 2.45) is 0 Å². The van der Waals surface area contributed by atoms with Crippen LogP contribution in [0.15, 0.2) is 36.4 Å². The summed E-state index contributed by atoms with van der Waals surface area (Å²) in [7, 11) is 0. The number of benzene rings is 2. The van der Waals surface area contributed by atoms with Crippen LogP contribution in [-0.4, -0.2) is 35.2 Å². The highest BCUT2D eigenvalue weighted by Crippen LogP contribution is 2.40. The molecule has 1 aliphatic heterocycles. The number of carboxylic acid groups (broad SMARTS) is 1. The first-order chi connectivity index (χ1) is 14.6. The van der Waals surface area contributed by atoms with E-state index in [9.17, 15) is 19.5 Å². The predicted octanol–water partition coefficient (Wildman–Crippen LogP) is 4.68. The molecule has 3 rings (SSSR count). The number of aromatic carboxylic acids is 1. The van der Waals surface area contributed by atoms with Crippen LogP contribution in [0.4, 0.5) is 10.5 Å². The Balaban J connectivity index is 2.06. The third-order valence-electron chi connectivity index (χ3n) is 5.44. The molecule has 2 amide bonds. The number of aryl methyl sites for hydroxylation is 1. The van der Waals surface area contributed by atoms with E-state index in [1.165, 1.54) is 6.92 Å². The van der Waals surface area contributed by atoms with Gasteiger partial charge in [0.25, 0.3) is 0 Å². The van der Waals surface area contributed by atoms with Gasteiger partial charge >= 0.3 is 12.1 Å². The zero-order valence-electron chi connectivity index (χ0n) is 18.4. The van der Waals surface area contributed by atoms with E-state index in [1.54, 1.807) is 36.9 Å². The summed E-state index contributed by atoms with van der Waals surface area (Å²) in [5, 5.41) is 12.2. The number of fused-ring (bicyclic) bond motifs is 1. The highest BCUT2D eigenvalue weighted by Gasteiger charge is 2.33. The van der Waals surface area contributed by atoms with Crippen molar-refractivity contribution in [3.8, 4) is 11.1 Å². The van der Waals surface area contributed by atoms with Crippen LogP contribution in [0.3, 0.4) is 0 Å². The van der Waals surface area contributed by atoms with E-state index >= 15 is 0 Å². The number of alkyl carbamates (subject to hydrolysis) is 1. The number of nitrogens with one attached hydrogen (secondary N) is 1. The molecule has 2 aromatic rings. The molecule has 164 valence electrons. The minimum absolute atomic E-state index is 0.0632. The Labute approximate surface area is 182 Å². The van der Waals surface area contributed by atoms with Gasteiger partial charge in [-0.1, -0.05) is 12.1 Å². The van der Waals surface area contributed by atoms with Crippen molar-refractivity contribution in [2.45, 2.75) is 59.2 Å². The topological polar surface area (TPSA) is 95.9 Å². The Morgan fingerprint density at radius 3 is 2.45 bits per heavy atom. The van der Waals surface area contributed by atoms with E-state index < -0.39 is 12.1 Å². The fraction of sp³-hybridized carbons (Fsp3) is 0.375. The van der Waals surface area contributed by atoms with E-state index in [0.717, 1.165) is 27.9 Å². The van der Waals surface area contributed by atoms with Gasteiger partial charge < -0.3 is 20.1 Å². The van der Waals surface area contributed by atoms with Crippen molar-refractivity contribution in [3.05, 3.63) is 53.1 Å². The fourth-order valence-electron chi connectivity index (χ4n) is 4.16. The number of carboxylic acids is 1. The maximum Gasteiger partial charge on any atom is 0.407 e. The molecule has 31 heavy (non-hydrogen) atoms. The second-order valence-corrected chi connectivity index (χ2v) is 8.23. The van der Waals surface area contributed by atoms with Crippen molar-refractivity contribution in [2.75, 3.05) is 4.90 Å². The molecule has 1 heterocycles. The number of rotatable bonds is 4. The molecule has 2 atom stereocenters. The Morgan fingerprint density at radius 2 is 1.87 bits per heavy atom. The molecular formula is C24H28N2O5. The molecule has 2 N–H and O–H groups in total. The second kappa shape index (κ2) is 8.79. The van der Waals surface area contributed by atoms with Crippen LogP contribution in [-0.2, 0) is 9.53 Å². The minimum Gasteiger partial charge on any atom is -0.478 e. The van der Waals surface area contributed by atoms with E-state index in [2.05, 4.69) is 5.32 Å². The summed E-state index contributed by atoms with van der Waals surface area (Å²) in [4.78, 5) is 37.6.